The van der Waals surface area contributed by atoms with E-state index in [4.69, 9.17) is 9.47 Å². The van der Waals surface area contributed by atoms with E-state index in [1.807, 2.05) is 6.92 Å². The SMILES string of the molecule is CCOc1ccccc1NC(=O)COC(=O)CC(C)CC1=NS(=O)(=O)c2ccccc2N1. The third kappa shape index (κ3) is 6.07. The second-order valence-electron chi connectivity index (χ2n) is 7.29. The minimum absolute atomic E-state index is 0.00517. The Bertz CT molecular complexity index is 1130. The lowest BCUT2D eigenvalue weighted by atomic mass is 10.0. The second kappa shape index (κ2) is 10.3. The van der Waals surface area contributed by atoms with Crippen LogP contribution in [-0.4, -0.2) is 39.3 Å². The number of anilines is 2. The Hall–Kier alpha value is -3.40. The first-order valence-corrected chi connectivity index (χ1v) is 11.6. The van der Waals surface area contributed by atoms with Crippen LogP contribution >= 0.6 is 0 Å². The molecule has 0 radical (unpaired) electrons. The Kier molecular flexibility index (Phi) is 7.47. The highest BCUT2D eigenvalue weighted by molar-refractivity contribution is 7.90. The largest absolute Gasteiger partial charge is 0.492 e. The maximum absolute atomic E-state index is 12.3. The van der Waals surface area contributed by atoms with E-state index in [9.17, 15) is 18.0 Å². The van der Waals surface area contributed by atoms with Gasteiger partial charge in [-0.05, 0) is 37.1 Å². The molecule has 0 aliphatic carbocycles. The zero-order valence-electron chi connectivity index (χ0n) is 17.8. The number of carbonyl (C=O) groups is 2. The van der Waals surface area contributed by atoms with E-state index >= 15 is 0 Å². The number of carbonyl (C=O) groups excluding carboxylic acids is 2. The third-order valence-corrected chi connectivity index (χ3v) is 5.93. The average molecular weight is 460 g/mol. The molecule has 0 saturated carbocycles. The molecule has 1 atom stereocenters. The van der Waals surface area contributed by atoms with Crippen molar-refractivity contribution >= 4 is 39.1 Å². The minimum atomic E-state index is -3.78. The van der Waals surface area contributed by atoms with Crippen LogP contribution in [0.5, 0.6) is 5.75 Å². The quantitative estimate of drug-likeness (QED) is 0.552. The molecule has 1 amide bonds. The van der Waals surface area contributed by atoms with E-state index in [-0.39, 0.29) is 29.5 Å². The van der Waals surface area contributed by atoms with Gasteiger partial charge in [0.1, 0.15) is 16.5 Å². The van der Waals surface area contributed by atoms with Gasteiger partial charge in [0.05, 0.1) is 18.0 Å². The highest BCUT2D eigenvalue weighted by Crippen LogP contribution is 2.28. The van der Waals surface area contributed by atoms with Crippen molar-refractivity contribution in [3.8, 4) is 5.75 Å². The lowest BCUT2D eigenvalue weighted by Crippen LogP contribution is -2.25. The first-order valence-electron chi connectivity index (χ1n) is 10.2. The maximum Gasteiger partial charge on any atom is 0.306 e. The second-order valence-corrected chi connectivity index (χ2v) is 8.86. The average Bonchev–Trinajstić information content (AvgIpc) is 2.73. The molecule has 2 N–H and O–H groups in total. The van der Waals surface area contributed by atoms with Gasteiger partial charge >= 0.3 is 5.97 Å². The van der Waals surface area contributed by atoms with Crippen LogP contribution in [0.15, 0.2) is 57.8 Å². The minimum Gasteiger partial charge on any atom is -0.492 e. The van der Waals surface area contributed by atoms with Crippen molar-refractivity contribution in [3.05, 3.63) is 48.5 Å². The first-order chi connectivity index (χ1) is 15.3. The summed E-state index contributed by atoms with van der Waals surface area (Å²) in [5, 5.41) is 5.64. The molecule has 0 spiro atoms. The van der Waals surface area contributed by atoms with E-state index in [0.717, 1.165) is 0 Å². The standard InChI is InChI=1S/C22H25N3O6S/c1-3-30-18-10-6-4-8-16(18)24-21(26)14-31-22(27)13-15(2)12-20-23-17-9-5-7-11-19(17)32(28,29)25-20/h4-11,15H,3,12-14H2,1-2H3,(H,23,25)(H,24,26). The van der Waals surface area contributed by atoms with Gasteiger partial charge in [0, 0.05) is 12.8 Å². The van der Waals surface area contributed by atoms with Gasteiger partial charge in [-0.25, -0.2) is 0 Å². The maximum atomic E-state index is 12.3. The van der Waals surface area contributed by atoms with Gasteiger partial charge in [-0.15, -0.1) is 4.40 Å². The topological polar surface area (TPSA) is 123 Å². The van der Waals surface area contributed by atoms with E-state index in [1.165, 1.54) is 6.07 Å². The Labute approximate surface area is 186 Å². The molecule has 2 aromatic rings. The molecule has 1 heterocycles. The first kappa shape index (κ1) is 23.3. The monoisotopic (exact) mass is 459 g/mol. The molecule has 10 heteroatoms. The lowest BCUT2D eigenvalue weighted by Gasteiger charge is -2.20. The number of sulfonamides is 1. The number of hydrogen-bond acceptors (Lipinski definition) is 7. The summed E-state index contributed by atoms with van der Waals surface area (Å²) in [5.41, 5.74) is 0.947. The molecular weight excluding hydrogens is 434 g/mol. The van der Waals surface area contributed by atoms with Crippen molar-refractivity contribution in [1.82, 2.24) is 0 Å². The zero-order chi connectivity index (χ0) is 23.1. The number of amidine groups is 1. The van der Waals surface area contributed by atoms with Crippen LogP contribution in [0.1, 0.15) is 26.7 Å². The number of para-hydroxylation sites is 3. The fourth-order valence-corrected chi connectivity index (χ4v) is 4.34. The molecule has 1 aliphatic heterocycles. The van der Waals surface area contributed by atoms with Gasteiger partial charge in [0.15, 0.2) is 6.61 Å². The summed E-state index contributed by atoms with van der Waals surface area (Å²) in [6.07, 6.45) is 0.238. The van der Waals surface area contributed by atoms with Crippen molar-refractivity contribution in [2.75, 3.05) is 23.8 Å². The molecule has 2 aromatic carbocycles. The number of fused-ring (bicyclic) bond motifs is 1. The lowest BCUT2D eigenvalue weighted by molar-refractivity contribution is -0.148. The Balaban J connectivity index is 1.48. The predicted octanol–water partition coefficient (Wildman–Crippen LogP) is 3.20. The van der Waals surface area contributed by atoms with E-state index in [0.29, 0.717) is 23.7 Å². The van der Waals surface area contributed by atoms with Gasteiger partial charge < -0.3 is 20.1 Å². The van der Waals surface area contributed by atoms with E-state index in [2.05, 4.69) is 15.0 Å². The molecule has 1 aliphatic rings. The van der Waals surface area contributed by atoms with Crippen LogP contribution < -0.4 is 15.4 Å². The van der Waals surface area contributed by atoms with Crippen molar-refractivity contribution in [3.63, 3.8) is 0 Å². The Morgan fingerprint density at radius 2 is 1.84 bits per heavy atom. The van der Waals surface area contributed by atoms with Crippen LogP contribution in [0.4, 0.5) is 11.4 Å². The fourth-order valence-electron chi connectivity index (χ4n) is 3.18. The summed E-state index contributed by atoms with van der Waals surface area (Å²) in [5.74, 6) is -0.518. The predicted molar refractivity (Wildman–Crippen MR) is 120 cm³/mol. The summed E-state index contributed by atoms with van der Waals surface area (Å²) in [7, 11) is -3.78. The van der Waals surface area contributed by atoms with E-state index in [1.54, 1.807) is 49.4 Å². The van der Waals surface area contributed by atoms with Crippen molar-refractivity contribution in [1.29, 1.82) is 0 Å². The number of rotatable bonds is 9. The Morgan fingerprint density at radius 3 is 2.62 bits per heavy atom. The molecule has 0 saturated heterocycles. The van der Waals surface area contributed by atoms with Crippen LogP contribution in [-0.2, 0) is 24.3 Å². The van der Waals surface area contributed by atoms with Crippen molar-refractivity contribution < 1.29 is 27.5 Å². The molecule has 1 unspecified atom stereocenters. The fraction of sp³-hybridized carbons (Fsp3) is 0.318. The molecule has 0 bridgehead atoms. The summed E-state index contributed by atoms with van der Waals surface area (Å²) in [6, 6.07) is 13.5. The summed E-state index contributed by atoms with van der Waals surface area (Å²) < 4.78 is 38.9. The third-order valence-electron chi connectivity index (χ3n) is 4.56. The van der Waals surface area contributed by atoms with Crippen LogP contribution in [0.3, 0.4) is 0 Å². The van der Waals surface area contributed by atoms with Crippen molar-refractivity contribution in [2.24, 2.45) is 10.3 Å². The number of hydrogen-bond donors (Lipinski definition) is 2. The number of nitrogens with zero attached hydrogens (tertiary/aromatic N) is 1. The highest BCUT2D eigenvalue weighted by atomic mass is 32.2. The van der Waals surface area contributed by atoms with Gasteiger partial charge in [0.2, 0.25) is 0 Å². The van der Waals surface area contributed by atoms with Crippen LogP contribution in [0, 0.1) is 5.92 Å². The summed E-state index contributed by atoms with van der Waals surface area (Å²) in [6.45, 7) is 3.63. The summed E-state index contributed by atoms with van der Waals surface area (Å²) in [4.78, 5) is 24.4. The molecular formula is C22H25N3O6S. The van der Waals surface area contributed by atoms with Gasteiger partial charge in [-0.2, -0.15) is 8.42 Å². The Morgan fingerprint density at radius 1 is 1.12 bits per heavy atom. The number of amides is 1. The molecule has 0 aromatic heterocycles. The number of ether oxygens (including phenoxy) is 2. The van der Waals surface area contributed by atoms with Gasteiger partial charge in [0.25, 0.3) is 15.9 Å². The smallest absolute Gasteiger partial charge is 0.306 e. The van der Waals surface area contributed by atoms with E-state index < -0.39 is 28.5 Å². The highest BCUT2D eigenvalue weighted by Gasteiger charge is 2.25. The normalized spacial score (nSPS) is 14.9. The van der Waals surface area contributed by atoms with Crippen LogP contribution in [0.25, 0.3) is 0 Å². The number of benzene rings is 2. The zero-order valence-corrected chi connectivity index (χ0v) is 18.6. The van der Waals surface area contributed by atoms with Crippen molar-refractivity contribution in [2.45, 2.75) is 31.6 Å². The molecule has 9 nitrogen and oxygen atoms in total. The molecule has 3 rings (SSSR count). The van der Waals surface area contributed by atoms with Gasteiger partial charge in [-0.1, -0.05) is 31.2 Å². The number of esters is 1. The molecule has 0 fully saturated rings. The van der Waals surface area contributed by atoms with Gasteiger partial charge in [-0.3, -0.25) is 9.59 Å². The summed E-state index contributed by atoms with van der Waals surface area (Å²) >= 11 is 0. The molecule has 32 heavy (non-hydrogen) atoms. The van der Waals surface area contributed by atoms with Crippen LogP contribution in [0.2, 0.25) is 0 Å². The molecule has 170 valence electrons. The number of nitrogens with one attached hydrogen (secondary N) is 2.